The second-order valence-corrected chi connectivity index (χ2v) is 5.20. The first kappa shape index (κ1) is 19.9. The van der Waals surface area contributed by atoms with Gasteiger partial charge in [-0.05, 0) is 43.4 Å². The molecule has 5 nitrogen and oxygen atoms in total. The van der Waals surface area contributed by atoms with E-state index in [2.05, 4.69) is 18.5 Å². The van der Waals surface area contributed by atoms with Crippen LogP contribution in [0.5, 0.6) is 5.75 Å². The highest BCUT2D eigenvalue weighted by Gasteiger charge is 2.12. The van der Waals surface area contributed by atoms with E-state index in [1.807, 2.05) is 6.92 Å². The molecule has 1 amide bonds. The molecule has 1 N–H and O–H groups in total. The lowest BCUT2D eigenvalue weighted by Crippen LogP contribution is -2.42. The summed E-state index contributed by atoms with van der Waals surface area (Å²) in [5.74, 6) is 0.424. The number of ether oxygens (including phenoxy) is 2. The summed E-state index contributed by atoms with van der Waals surface area (Å²) < 4.78 is 10.7. The largest absolute Gasteiger partial charge is 0.491 e. The standard InChI is InChI=1S/C18H24N2O3S/c1-4-11-20(12-5-2)18(24)19-17(21)15-7-9-16(10-8-15)23-14-13-22-6-3/h4-5,7-10H,1-2,6,11-14H2,3H3,(H,19,21,24). The molecular weight excluding hydrogens is 324 g/mol. The van der Waals surface area contributed by atoms with Gasteiger partial charge in [0.25, 0.3) is 5.91 Å². The zero-order valence-electron chi connectivity index (χ0n) is 14.0. The number of benzene rings is 1. The molecule has 0 heterocycles. The summed E-state index contributed by atoms with van der Waals surface area (Å²) in [5, 5.41) is 3.05. The molecule has 0 aliphatic heterocycles. The first-order chi connectivity index (χ1) is 11.6. The lowest BCUT2D eigenvalue weighted by atomic mass is 10.2. The molecule has 0 unspecified atom stereocenters. The maximum atomic E-state index is 12.2. The van der Waals surface area contributed by atoms with Crippen LogP contribution in [0.15, 0.2) is 49.6 Å². The number of hydrogen-bond acceptors (Lipinski definition) is 4. The normalized spacial score (nSPS) is 9.88. The van der Waals surface area contributed by atoms with Crippen molar-refractivity contribution >= 4 is 23.2 Å². The highest BCUT2D eigenvalue weighted by Crippen LogP contribution is 2.12. The summed E-state index contributed by atoms with van der Waals surface area (Å²) in [6, 6.07) is 6.88. The van der Waals surface area contributed by atoms with Gasteiger partial charge in [-0.1, -0.05) is 12.2 Å². The van der Waals surface area contributed by atoms with Crippen LogP contribution in [0, 0.1) is 0 Å². The second-order valence-electron chi connectivity index (χ2n) is 4.81. The fourth-order valence-electron chi connectivity index (χ4n) is 1.87. The van der Waals surface area contributed by atoms with Crippen LogP contribution in [0.25, 0.3) is 0 Å². The number of hydrogen-bond donors (Lipinski definition) is 1. The van der Waals surface area contributed by atoms with Gasteiger partial charge in [0.05, 0.1) is 6.61 Å². The summed E-state index contributed by atoms with van der Waals surface area (Å²) in [4.78, 5) is 14.0. The van der Waals surface area contributed by atoms with Gasteiger partial charge in [0.2, 0.25) is 0 Å². The molecule has 0 fully saturated rings. The minimum atomic E-state index is -0.265. The second kappa shape index (κ2) is 11.4. The number of rotatable bonds is 10. The van der Waals surface area contributed by atoms with Crippen molar-refractivity contribution < 1.29 is 14.3 Å². The van der Waals surface area contributed by atoms with Gasteiger partial charge in [0, 0.05) is 25.3 Å². The van der Waals surface area contributed by atoms with Crippen LogP contribution in [-0.4, -0.2) is 48.8 Å². The lowest BCUT2D eigenvalue weighted by molar-refractivity contribution is 0.0973. The van der Waals surface area contributed by atoms with E-state index < -0.39 is 0 Å². The molecule has 1 rings (SSSR count). The SMILES string of the molecule is C=CCN(CC=C)C(=S)NC(=O)c1ccc(OCCOCC)cc1. The van der Waals surface area contributed by atoms with Gasteiger partial charge in [0.1, 0.15) is 12.4 Å². The first-order valence-corrected chi connectivity index (χ1v) is 8.15. The maximum absolute atomic E-state index is 12.2. The van der Waals surface area contributed by atoms with Gasteiger partial charge in [-0.15, -0.1) is 13.2 Å². The Morgan fingerprint density at radius 1 is 1.21 bits per heavy atom. The Balaban J connectivity index is 2.56. The molecule has 1 aromatic rings. The topological polar surface area (TPSA) is 50.8 Å². The molecule has 0 aliphatic rings. The predicted molar refractivity (Wildman–Crippen MR) is 100 cm³/mol. The third-order valence-corrected chi connectivity index (χ3v) is 3.38. The fraction of sp³-hybridized carbons (Fsp3) is 0.333. The molecule has 0 saturated heterocycles. The van der Waals surface area contributed by atoms with Crippen molar-refractivity contribution in [3.05, 3.63) is 55.1 Å². The number of carbonyl (C=O) groups is 1. The molecule has 0 aromatic heterocycles. The van der Waals surface area contributed by atoms with Gasteiger partial charge in [0.15, 0.2) is 5.11 Å². The Kier molecular flexibility index (Phi) is 9.41. The highest BCUT2D eigenvalue weighted by atomic mass is 32.1. The Bertz CT molecular complexity index is 548. The smallest absolute Gasteiger partial charge is 0.257 e. The number of thiocarbonyl (C=S) groups is 1. The van der Waals surface area contributed by atoms with Gasteiger partial charge < -0.3 is 14.4 Å². The Morgan fingerprint density at radius 3 is 2.38 bits per heavy atom. The molecule has 6 heteroatoms. The van der Waals surface area contributed by atoms with Crippen molar-refractivity contribution in [1.82, 2.24) is 10.2 Å². The maximum Gasteiger partial charge on any atom is 0.257 e. The van der Waals surface area contributed by atoms with E-state index in [0.29, 0.717) is 49.3 Å². The van der Waals surface area contributed by atoms with E-state index in [0.717, 1.165) is 0 Å². The summed E-state index contributed by atoms with van der Waals surface area (Å²) in [6.07, 6.45) is 3.44. The van der Waals surface area contributed by atoms with Gasteiger partial charge in [-0.3, -0.25) is 10.1 Å². The van der Waals surface area contributed by atoms with Crippen molar-refractivity contribution in [3.8, 4) is 5.75 Å². The monoisotopic (exact) mass is 348 g/mol. The third-order valence-electron chi connectivity index (χ3n) is 3.02. The van der Waals surface area contributed by atoms with Gasteiger partial charge in [-0.2, -0.15) is 0 Å². The molecule has 0 radical (unpaired) electrons. The summed E-state index contributed by atoms with van der Waals surface area (Å²) in [7, 11) is 0. The number of amides is 1. The molecule has 24 heavy (non-hydrogen) atoms. The molecular formula is C18H24N2O3S. The van der Waals surface area contributed by atoms with Crippen LogP contribution in [0.3, 0.4) is 0 Å². The van der Waals surface area contributed by atoms with Gasteiger partial charge in [-0.25, -0.2) is 0 Å². The molecule has 0 aliphatic carbocycles. The predicted octanol–water partition coefficient (Wildman–Crippen LogP) is 2.79. The summed E-state index contributed by atoms with van der Waals surface area (Å²) in [5.41, 5.74) is 0.506. The zero-order valence-corrected chi connectivity index (χ0v) is 14.8. The molecule has 0 saturated carbocycles. The molecule has 0 bridgehead atoms. The van der Waals surface area contributed by atoms with Crippen LogP contribution in [0.2, 0.25) is 0 Å². The van der Waals surface area contributed by atoms with Crippen LogP contribution >= 0.6 is 12.2 Å². The van der Waals surface area contributed by atoms with E-state index in [9.17, 15) is 4.79 Å². The van der Waals surface area contributed by atoms with Crippen molar-refractivity contribution in [3.63, 3.8) is 0 Å². The number of nitrogens with one attached hydrogen (secondary N) is 1. The van der Waals surface area contributed by atoms with E-state index in [4.69, 9.17) is 21.7 Å². The molecule has 0 spiro atoms. The summed E-state index contributed by atoms with van der Waals surface area (Å²) >= 11 is 5.25. The number of nitrogens with zero attached hydrogens (tertiary/aromatic N) is 1. The Hall–Kier alpha value is -2.18. The van der Waals surface area contributed by atoms with Crippen LogP contribution < -0.4 is 10.1 Å². The van der Waals surface area contributed by atoms with Gasteiger partial charge >= 0.3 is 0 Å². The van der Waals surface area contributed by atoms with Crippen LogP contribution in [0.1, 0.15) is 17.3 Å². The van der Waals surface area contributed by atoms with Crippen molar-refractivity contribution in [2.45, 2.75) is 6.92 Å². The lowest BCUT2D eigenvalue weighted by Gasteiger charge is -2.22. The van der Waals surface area contributed by atoms with E-state index >= 15 is 0 Å². The molecule has 130 valence electrons. The molecule has 0 atom stereocenters. The van der Waals surface area contributed by atoms with E-state index in [-0.39, 0.29) is 5.91 Å². The van der Waals surface area contributed by atoms with Crippen molar-refractivity contribution in [2.75, 3.05) is 32.9 Å². The van der Waals surface area contributed by atoms with Crippen molar-refractivity contribution in [1.29, 1.82) is 0 Å². The molecule has 1 aromatic carbocycles. The average Bonchev–Trinajstić information content (AvgIpc) is 2.59. The minimum absolute atomic E-state index is 0.265. The van der Waals surface area contributed by atoms with Crippen molar-refractivity contribution in [2.24, 2.45) is 0 Å². The zero-order chi connectivity index (χ0) is 17.8. The fourth-order valence-corrected chi connectivity index (χ4v) is 2.11. The first-order valence-electron chi connectivity index (χ1n) is 7.75. The van der Waals surface area contributed by atoms with E-state index in [1.54, 1.807) is 41.3 Å². The summed E-state index contributed by atoms with van der Waals surface area (Å²) in [6.45, 7) is 12.0. The third kappa shape index (κ3) is 6.93. The van der Waals surface area contributed by atoms with E-state index in [1.165, 1.54) is 0 Å². The minimum Gasteiger partial charge on any atom is -0.491 e. The van der Waals surface area contributed by atoms with Crippen LogP contribution in [-0.2, 0) is 4.74 Å². The quantitative estimate of drug-likeness (QED) is 0.400. The Labute approximate surface area is 148 Å². The Morgan fingerprint density at radius 2 is 1.83 bits per heavy atom. The highest BCUT2D eigenvalue weighted by molar-refractivity contribution is 7.80. The average molecular weight is 348 g/mol. The van der Waals surface area contributed by atoms with Crippen LogP contribution in [0.4, 0.5) is 0 Å². The number of carbonyl (C=O) groups excluding carboxylic acids is 1.